The van der Waals surface area contributed by atoms with E-state index in [2.05, 4.69) is 52.8 Å². The molecule has 20 heavy (non-hydrogen) atoms. The quantitative estimate of drug-likeness (QED) is 0.566. The monoisotopic (exact) mass is 326 g/mol. The maximum Gasteiger partial charge on any atom is 0.0931 e. The van der Waals surface area contributed by atoms with Gasteiger partial charge in [0.25, 0.3) is 0 Å². The first-order valence-corrected chi connectivity index (χ1v) is 9.04. The van der Waals surface area contributed by atoms with Gasteiger partial charge in [0.1, 0.15) is 0 Å². The third kappa shape index (κ3) is 3.66. The summed E-state index contributed by atoms with van der Waals surface area (Å²) in [7, 11) is 0. The Hall–Kier alpha value is -0.310. The van der Waals surface area contributed by atoms with Gasteiger partial charge >= 0.3 is 0 Å². The van der Waals surface area contributed by atoms with E-state index in [0.29, 0.717) is 0 Å². The van der Waals surface area contributed by atoms with Gasteiger partial charge in [0.2, 0.25) is 0 Å². The van der Waals surface area contributed by atoms with E-state index in [4.69, 9.17) is 11.6 Å². The predicted molar refractivity (Wildman–Crippen MR) is 93.7 cm³/mol. The fraction of sp³-hybridized carbons (Fsp3) is 0.529. The molecular weight excluding hydrogens is 304 g/mol. The fourth-order valence-corrected chi connectivity index (χ4v) is 4.52. The van der Waals surface area contributed by atoms with E-state index in [1.807, 2.05) is 17.4 Å². The molecule has 0 saturated heterocycles. The zero-order chi connectivity index (χ0) is 15.0. The third-order valence-electron chi connectivity index (χ3n) is 4.02. The van der Waals surface area contributed by atoms with Crippen LogP contribution in [0.5, 0.6) is 0 Å². The lowest BCUT2D eigenvalue weighted by molar-refractivity contribution is 0.383. The number of thiophene rings is 2. The van der Waals surface area contributed by atoms with Crippen LogP contribution in [-0.2, 0) is 10.8 Å². The van der Waals surface area contributed by atoms with Crippen molar-refractivity contribution in [2.24, 2.45) is 0 Å². The van der Waals surface area contributed by atoms with Crippen molar-refractivity contribution in [2.45, 2.75) is 58.3 Å². The van der Waals surface area contributed by atoms with Gasteiger partial charge in [0, 0.05) is 14.6 Å². The largest absolute Gasteiger partial charge is 0.145 e. The molecule has 0 radical (unpaired) electrons. The highest BCUT2D eigenvalue weighted by atomic mass is 35.5. The van der Waals surface area contributed by atoms with Gasteiger partial charge in [0.05, 0.1) is 4.34 Å². The van der Waals surface area contributed by atoms with E-state index < -0.39 is 0 Å². The van der Waals surface area contributed by atoms with E-state index in [9.17, 15) is 0 Å². The van der Waals surface area contributed by atoms with Crippen LogP contribution >= 0.6 is 34.3 Å². The first kappa shape index (κ1) is 16.1. The van der Waals surface area contributed by atoms with Crippen molar-refractivity contribution >= 4 is 34.3 Å². The molecule has 0 bridgehead atoms. The van der Waals surface area contributed by atoms with Crippen LogP contribution in [0.1, 0.15) is 55.2 Å². The molecule has 0 fully saturated rings. The standard InChI is InChI=1S/C17H23ClS2/c1-12-6-7-13(19-12)16(2,3)10-11-17(4,5)14-8-9-15(18)20-14/h6-9H,10-11H2,1-5H3. The van der Waals surface area contributed by atoms with Gasteiger partial charge < -0.3 is 0 Å². The molecule has 0 spiro atoms. The average Bonchev–Trinajstić information content (AvgIpc) is 2.96. The Kier molecular flexibility index (Phi) is 4.68. The number of hydrogen-bond donors (Lipinski definition) is 0. The fourth-order valence-electron chi connectivity index (χ4n) is 2.35. The second-order valence-electron chi connectivity index (χ2n) is 6.78. The minimum Gasteiger partial charge on any atom is -0.145 e. The summed E-state index contributed by atoms with van der Waals surface area (Å²) in [6, 6.07) is 8.70. The van der Waals surface area contributed by atoms with Crippen LogP contribution in [0, 0.1) is 6.92 Å². The van der Waals surface area contributed by atoms with Gasteiger partial charge in [-0.25, -0.2) is 0 Å². The Balaban J connectivity index is 2.07. The van der Waals surface area contributed by atoms with Crippen molar-refractivity contribution in [1.29, 1.82) is 0 Å². The molecule has 2 aromatic rings. The van der Waals surface area contributed by atoms with E-state index in [1.165, 1.54) is 27.5 Å². The summed E-state index contributed by atoms with van der Waals surface area (Å²) in [5.41, 5.74) is 0.443. The topological polar surface area (TPSA) is 0 Å². The highest BCUT2D eigenvalue weighted by Gasteiger charge is 2.28. The smallest absolute Gasteiger partial charge is 0.0931 e. The SMILES string of the molecule is Cc1ccc(C(C)(C)CCC(C)(C)c2ccc(Cl)s2)s1. The molecule has 0 unspecified atom stereocenters. The lowest BCUT2D eigenvalue weighted by Crippen LogP contribution is -2.22. The molecule has 0 saturated carbocycles. The van der Waals surface area contributed by atoms with Gasteiger partial charge in [-0.2, -0.15) is 0 Å². The van der Waals surface area contributed by atoms with Gasteiger partial charge in [-0.05, 0) is 54.9 Å². The molecule has 0 aliphatic rings. The van der Waals surface area contributed by atoms with E-state index >= 15 is 0 Å². The summed E-state index contributed by atoms with van der Waals surface area (Å²) in [5, 5.41) is 0. The summed E-state index contributed by atoms with van der Waals surface area (Å²) < 4.78 is 0.890. The van der Waals surface area contributed by atoms with E-state index in [0.717, 1.165) is 4.34 Å². The molecule has 2 rings (SSSR count). The first-order chi connectivity index (χ1) is 9.21. The van der Waals surface area contributed by atoms with Gasteiger partial charge in [-0.15, -0.1) is 22.7 Å². The Morgan fingerprint density at radius 1 is 0.850 bits per heavy atom. The zero-order valence-corrected chi connectivity index (χ0v) is 15.3. The molecule has 2 heterocycles. The maximum absolute atomic E-state index is 6.08. The van der Waals surface area contributed by atoms with Crippen molar-refractivity contribution in [3.8, 4) is 0 Å². The number of rotatable bonds is 5. The van der Waals surface area contributed by atoms with Crippen molar-refractivity contribution in [3.05, 3.63) is 43.2 Å². The third-order valence-corrected chi connectivity index (χ3v) is 6.99. The Bertz CT molecular complexity index is 523. The minimum absolute atomic E-state index is 0.196. The predicted octanol–water partition coefficient (Wildman–Crippen LogP) is 6.81. The van der Waals surface area contributed by atoms with Gasteiger partial charge in [0.15, 0.2) is 0 Å². The lowest BCUT2D eigenvalue weighted by Gasteiger charge is -2.30. The molecule has 0 aliphatic carbocycles. The Morgan fingerprint density at radius 3 is 1.75 bits per heavy atom. The molecule has 0 aliphatic heterocycles. The van der Waals surface area contributed by atoms with Crippen molar-refractivity contribution in [3.63, 3.8) is 0 Å². The highest BCUT2D eigenvalue weighted by Crippen LogP contribution is 2.40. The molecule has 0 amide bonds. The first-order valence-electron chi connectivity index (χ1n) is 7.03. The summed E-state index contributed by atoms with van der Waals surface area (Å²) in [6.45, 7) is 11.5. The van der Waals surface area contributed by atoms with Crippen LogP contribution in [0.4, 0.5) is 0 Å². The maximum atomic E-state index is 6.08. The summed E-state index contributed by atoms with van der Waals surface area (Å²) in [5.74, 6) is 0. The average molecular weight is 327 g/mol. The minimum atomic E-state index is 0.196. The molecule has 0 aromatic carbocycles. The Labute approximate surface area is 135 Å². The van der Waals surface area contributed by atoms with Crippen LogP contribution in [0.2, 0.25) is 4.34 Å². The normalized spacial score (nSPS) is 12.9. The molecule has 0 nitrogen and oxygen atoms in total. The molecule has 0 N–H and O–H groups in total. The lowest BCUT2D eigenvalue weighted by atomic mass is 9.77. The molecule has 2 aromatic heterocycles. The highest BCUT2D eigenvalue weighted by molar-refractivity contribution is 7.16. The summed E-state index contributed by atoms with van der Waals surface area (Å²) >= 11 is 9.72. The summed E-state index contributed by atoms with van der Waals surface area (Å²) in [6.07, 6.45) is 2.36. The van der Waals surface area contributed by atoms with E-state index in [-0.39, 0.29) is 10.8 Å². The van der Waals surface area contributed by atoms with Crippen LogP contribution in [0.25, 0.3) is 0 Å². The number of halogens is 1. The second-order valence-corrected chi connectivity index (χ2v) is 9.78. The number of aryl methyl sites for hydroxylation is 1. The van der Waals surface area contributed by atoms with Crippen molar-refractivity contribution in [2.75, 3.05) is 0 Å². The van der Waals surface area contributed by atoms with Crippen LogP contribution in [-0.4, -0.2) is 0 Å². The summed E-state index contributed by atoms with van der Waals surface area (Å²) in [4.78, 5) is 4.29. The van der Waals surface area contributed by atoms with Gasteiger partial charge in [-0.1, -0.05) is 39.3 Å². The van der Waals surface area contributed by atoms with Crippen LogP contribution in [0.3, 0.4) is 0 Å². The van der Waals surface area contributed by atoms with Crippen LogP contribution < -0.4 is 0 Å². The van der Waals surface area contributed by atoms with Crippen molar-refractivity contribution in [1.82, 2.24) is 0 Å². The van der Waals surface area contributed by atoms with Crippen LogP contribution in [0.15, 0.2) is 24.3 Å². The zero-order valence-electron chi connectivity index (χ0n) is 12.9. The van der Waals surface area contributed by atoms with E-state index in [1.54, 1.807) is 11.3 Å². The molecule has 3 heteroatoms. The number of hydrogen-bond acceptors (Lipinski definition) is 2. The van der Waals surface area contributed by atoms with Crippen molar-refractivity contribution < 1.29 is 0 Å². The molecule has 0 atom stereocenters. The molecule has 110 valence electrons. The molecular formula is C17H23ClS2. The Morgan fingerprint density at radius 2 is 1.35 bits per heavy atom. The second kappa shape index (κ2) is 5.82. The van der Waals surface area contributed by atoms with Gasteiger partial charge in [-0.3, -0.25) is 0 Å².